The Kier molecular flexibility index (Phi) is 4.54. The average molecular weight is 332 g/mol. The van der Waals surface area contributed by atoms with Crippen LogP contribution in [-0.2, 0) is 16.6 Å². The van der Waals surface area contributed by atoms with E-state index < -0.39 is 10.0 Å². The molecule has 0 aliphatic carbocycles. The van der Waals surface area contributed by atoms with Crippen molar-refractivity contribution in [2.75, 3.05) is 18.1 Å². The van der Waals surface area contributed by atoms with Crippen molar-refractivity contribution in [1.29, 1.82) is 0 Å². The van der Waals surface area contributed by atoms with E-state index in [9.17, 15) is 8.42 Å². The summed E-state index contributed by atoms with van der Waals surface area (Å²) in [5, 5.41) is 3.11. The van der Waals surface area contributed by atoms with Crippen LogP contribution in [0.5, 0.6) is 0 Å². The summed E-state index contributed by atoms with van der Waals surface area (Å²) in [6, 6.07) is 8.26. The lowest BCUT2D eigenvalue weighted by Crippen LogP contribution is -2.18. The molecule has 108 valence electrons. The van der Waals surface area contributed by atoms with Gasteiger partial charge in [-0.25, -0.2) is 13.1 Å². The number of benzene rings is 1. The van der Waals surface area contributed by atoms with Crippen LogP contribution < -0.4 is 15.8 Å². The van der Waals surface area contributed by atoms with Gasteiger partial charge in [0.1, 0.15) is 0 Å². The standard InChI is InChI=1S/C12H14ClN3O2S2/c1-15-20(17,18)9-3-4-10(14)11(6-9)16-7-8-2-5-12(13)19-8/h2-6,15-16H,7,14H2,1H3. The fourth-order valence-corrected chi connectivity index (χ4v) is 3.39. The van der Waals surface area contributed by atoms with Gasteiger partial charge in [0, 0.05) is 11.4 Å². The molecular weight excluding hydrogens is 318 g/mol. The summed E-state index contributed by atoms with van der Waals surface area (Å²) in [4.78, 5) is 1.21. The normalized spacial score (nSPS) is 11.5. The van der Waals surface area contributed by atoms with Crippen molar-refractivity contribution in [2.24, 2.45) is 0 Å². The van der Waals surface area contributed by atoms with Gasteiger partial charge in [0.15, 0.2) is 0 Å². The molecule has 2 rings (SSSR count). The van der Waals surface area contributed by atoms with E-state index in [2.05, 4.69) is 10.0 Å². The van der Waals surface area contributed by atoms with Crippen LogP contribution in [0.15, 0.2) is 35.2 Å². The molecule has 0 amide bonds. The lowest BCUT2D eigenvalue weighted by Gasteiger charge is -2.10. The summed E-state index contributed by atoms with van der Waals surface area (Å²) < 4.78 is 26.5. The second kappa shape index (κ2) is 6.01. The Morgan fingerprint density at radius 1 is 1.30 bits per heavy atom. The highest BCUT2D eigenvalue weighted by molar-refractivity contribution is 7.89. The minimum absolute atomic E-state index is 0.168. The zero-order valence-electron chi connectivity index (χ0n) is 10.7. The molecule has 0 atom stereocenters. The number of nitrogens with one attached hydrogen (secondary N) is 2. The maximum absolute atomic E-state index is 11.7. The fraction of sp³-hybridized carbons (Fsp3) is 0.167. The molecule has 0 radical (unpaired) electrons. The number of sulfonamides is 1. The minimum Gasteiger partial charge on any atom is -0.397 e. The van der Waals surface area contributed by atoms with E-state index in [0.717, 1.165) is 4.88 Å². The molecule has 1 aromatic carbocycles. The van der Waals surface area contributed by atoms with Crippen LogP contribution >= 0.6 is 22.9 Å². The molecule has 0 saturated carbocycles. The molecule has 1 heterocycles. The molecule has 0 aliphatic rings. The molecule has 0 fully saturated rings. The highest BCUT2D eigenvalue weighted by Crippen LogP contribution is 2.26. The lowest BCUT2D eigenvalue weighted by molar-refractivity contribution is 0.588. The highest BCUT2D eigenvalue weighted by atomic mass is 35.5. The average Bonchev–Trinajstić information content (AvgIpc) is 2.83. The molecule has 1 aromatic heterocycles. The number of rotatable bonds is 5. The molecule has 8 heteroatoms. The quantitative estimate of drug-likeness (QED) is 0.735. The van der Waals surface area contributed by atoms with Crippen molar-refractivity contribution in [3.05, 3.63) is 39.5 Å². The van der Waals surface area contributed by atoms with E-state index in [4.69, 9.17) is 17.3 Å². The van der Waals surface area contributed by atoms with E-state index in [0.29, 0.717) is 22.3 Å². The first-order valence-electron chi connectivity index (χ1n) is 5.73. The van der Waals surface area contributed by atoms with Crippen LogP contribution in [0.2, 0.25) is 4.34 Å². The number of halogens is 1. The Morgan fingerprint density at radius 3 is 2.65 bits per heavy atom. The van der Waals surface area contributed by atoms with Crippen LogP contribution in [0.3, 0.4) is 0 Å². The minimum atomic E-state index is -3.48. The van der Waals surface area contributed by atoms with Gasteiger partial charge in [-0.1, -0.05) is 11.6 Å². The number of thiophene rings is 1. The predicted molar refractivity (Wildman–Crippen MR) is 83.8 cm³/mol. The van der Waals surface area contributed by atoms with Gasteiger partial charge >= 0.3 is 0 Å². The van der Waals surface area contributed by atoms with Gasteiger partial charge in [-0.2, -0.15) is 0 Å². The summed E-state index contributed by atoms with van der Waals surface area (Å²) in [6.07, 6.45) is 0. The number of hydrogen-bond donors (Lipinski definition) is 3. The van der Waals surface area contributed by atoms with E-state index in [1.54, 1.807) is 6.07 Å². The summed E-state index contributed by atoms with van der Waals surface area (Å²) in [5.41, 5.74) is 6.91. The fourth-order valence-electron chi connectivity index (χ4n) is 1.60. The maximum Gasteiger partial charge on any atom is 0.240 e. The van der Waals surface area contributed by atoms with Crippen molar-refractivity contribution in [3.63, 3.8) is 0 Å². The Balaban J connectivity index is 2.21. The summed E-state index contributed by atoms with van der Waals surface area (Å²) in [6.45, 7) is 0.532. The van der Waals surface area contributed by atoms with Crippen LogP contribution in [-0.4, -0.2) is 15.5 Å². The molecule has 2 aromatic rings. The van der Waals surface area contributed by atoms with Crippen molar-refractivity contribution >= 4 is 44.3 Å². The summed E-state index contributed by atoms with van der Waals surface area (Å²) >= 11 is 7.31. The Bertz CT molecular complexity index is 713. The van der Waals surface area contributed by atoms with Crippen molar-refractivity contribution < 1.29 is 8.42 Å². The number of nitrogens with two attached hydrogens (primary N) is 1. The van der Waals surface area contributed by atoms with E-state index in [1.807, 2.05) is 12.1 Å². The van der Waals surface area contributed by atoms with Crippen LogP contribution in [0, 0.1) is 0 Å². The van der Waals surface area contributed by atoms with E-state index >= 15 is 0 Å². The molecule has 5 nitrogen and oxygen atoms in total. The molecule has 4 N–H and O–H groups in total. The SMILES string of the molecule is CNS(=O)(=O)c1ccc(N)c(NCc2ccc(Cl)s2)c1. The first-order valence-corrected chi connectivity index (χ1v) is 8.41. The zero-order chi connectivity index (χ0) is 14.8. The van der Waals surface area contributed by atoms with Gasteiger partial charge < -0.3 is 11.1 Å². The third kappa shape index (κ3) is 3.43. The topological polar surface area (TPSA) is 84.2 Å². The Morgan fingerprint density at radius 2 is 2.05 bits per heavy atom. The lowest BCUT2D eigenvalue weighted by atomic mass is 10.2. The molecule has 20 heavy (non-hydrogen) atoms. The van der Waals surface area contributed by atoms with E-state index in [-0.39, 0.29) is 4.90 Å². The highest BCUT2D eigenvalue weighted by Gasteiger charge is 2.13. The van der Waals surface area contributed by atoms with Crippen molar-refractivity contribution in [1.82, 2.24) is 4.72 Å². The Labute approximate surface area is 126 Å². The number of nitrogen functional groups attached to an aromatic ring is 1. The number of anilines is 2. The molecule has 0 saturated heterocycles. The molecule has 0 unspecified atom stereocenters. The van der Waals surface area contributed by atoms with Crippen LogP contribution in [0.4, 0.5) is 11.4 Å². The maximum atomic E-state index is 11.7. The van der Waals surface area contributed by atoms with Gasteiger partial charge in [-0.3, -0.25) is 0 Å². The van der Waals surface area contributed by atoms with Gasteiger partial charge in [-0.05, 0) is 37.4 Å². The molecular formula is C12H14ClN3O2S2. The monoisotopic (exact) mass is 331 g/mol. The second-order valence-electron chi connectivity index (χ2n) is 4.02. The Hall–Kier alpha value is -1.28. The zero-order valence-corrected chi connectivity index (χ0v) is 13.1. The molecule has 0 spiro atoms. The number of hydrogen-bond acceptors (Lipinski definition) is 5. The molecule has 0 aliphatic heterocycles. The van der Waals surface area contributed by atoms with Gasteiger partial charge in [-0.15, -0.1) is 11.3 Å². The summed E-state index contributed by atoms with van der Waals surface area (Å²) in [7, 11) is -2.11. The smallest absolute Gasteiger partial charge is 0.240 e. The third-order valence-electron chi connectivity index (χ3n) is 2.69. The van der Waals surface area contributed by atoms with Gasteiger partial charge in [0.25, 0.3) is 0 Å². The first-order chi connectivity index (χ1) is 9.42. The second-order valence-corrected chi connectivity index (χ2v) is 7.70. The van der Waals surface area contributed by atoms with E-state index in [1.165, 1.54) is 30.5 Å². The molecule has 0 bridgehead atoms. The predicted octanol–water partition coefficient (Wildman–Crippen LogP) is 2.50. The third-order valence-corrected chi connectivity index (χ3v) is 5.33. The first kappa shape index (κ1) is 15.1. The van der Waals surface area contributed by atoms with Crippen molar-refractivity contribution in [2.45, 2.75) is 11.4 Å². The van der Waals surface area contributed by atoms with Crippen molar-refractivity contribution in [3.8, 4) is 0 Å². The van der Waals surface area contributed by atoms with Crippen LogP contribution in [0.25, 0.3) is 0 Å². The van der Waals surface area contributed by atoms with Crippen LogP contribution in [0.1, 0.15) is 4.88 Å². The van der Waals surface area contributed by atoms with Gasteiger partial charge in [0.05, 0.1) is 20.6 Å². The largest absolute Gasteiger partial charge is 0.397 e. The summed E-state index contributed by atoms with van der Waals surface area (Å²) in [5.74, 6) is 0. The van der Waals surface area contributed by atoms with Gasteiger partial charge in [0.2, 0.25) is 10.0 Å².